The second kappa shape index (κ2) is 6.72. The van der Waals surface area contributed by atoms with Gasteiger partial charge in [-0.05, 0) is 19.3 Å². The van der Waals surface area contributed by atoms with Crippen LogP contribution in [0.5, 0.6) is 0 Å². The Morgan fingerprint density at radius 3 is 2.78 bits per heavy atom. The van der Waals surface area contributed by atoms with Crippen molar-refractivity contribution >= 4 is 22.8 Å². The summed E-state index contributed by atoms with van der Waals surface area (Å²) < 4.78 is 11.1. The van der Waals surface area contributed by atoms with Crippen LogP contribution in [-0.2, 0) is 15.6 Å². The first-order valence-electron chi connectivity index (χ1n) is 5.97. The van der Waals surface area contributed by atoms with Crippen LogP contribution in [0.15, 0.2) is 0 Å². The van der Waals surface area contributed by atoms with Crippen molar-refractivity contribution in [1.82, 2.24) is 10.2 Å². The Labute approximate surface area is 109 Å². The van der Waals surface area contributed by atoms with E-state index in [9.17, 15) is 13.8 Å². The zero-order valence-electron chi connectivity index (χ0n) is 10.7. The molecule has 0 bridgehead atoms. The summed E-state index contributed by atoms with van der Waals surface area (Å²) in [5.74, 6) is -0.775. The lowest BCUT2D eigenvalue weighted by atomic mass is 10.1. The Morgan fingerprint density at radius 2 is 2.22 bits per heavy atom. The molecular formula is C11H20N2O4S. The molecule has 1 heterocycles. The number of carboxylic acids is 1. The Morgan fingerprint density at radius 1 is 1.56 bits per heavy atom. The van der Waals surface area contributed by atoms with E-state index in [-0.39, 0.29) is 23.6 Å². The lowest BCUT2D eigenvalue weighted by molar-refractivity contribution is -0.138. The van der Waals surface area contributed by atoms with Crippen LogP contribution in [0.3, 0.4) is 0 Å². The van der Waals surface area contributed by atoms with Gasteiger partial charge in [0.2, 0.25) is 0 Å². The average Bonchev–Trinajstić information content (AvgIpc) is 2.72. The predicted octanol–water partition coefficient (Wildman–Crippen LogP) is 0.260. The molecule has 18 heavy (non-hydrogen) atoms. The van der Waals surface area contributed by atoms with Crippen LogP contribution in [0.25, 0.3) is 0 Å². The van der Waals surface area contributed by atoms with Gasteiger partial charge in [-0.25, -0.2) is 4.79 Å². The fourth-order valence-electron chi connectivity index (χ4n) is 1.89. The van der Waals surface area contributed by atoms with Crippen molar-refractivity contribution in [3.05, 3.63) is 0 Å². The third kappa shape index (κ3) is 4.64. The molecule has 1 rings (SSSR count). The van der Waals surface area contributed by atoms with E-state index in [4.69, 9.17) is 5.11 Å². The van der Waals surface area contributed by atoms with Gasteiger partial charge < -0.3 is 15.3 Å². The molecule has 1 aliphatic heterocycles. The largest absolute Gasteiger partial charge is 0.481 e. The molecule has 104 valence electrons. The van der Waals surface area contributed by atoms with Gasteiger partial charge in [0.1, 0.15) is 0 Å². The zero-order valence-corrected chi connectivity index (χ0v) is 11.5. The van der Waals surface area contributed by atoms with Gasteiger partial charge in [0.15, 0.2) is 0 Å². The van der Waals surface area contributed by atoms with Gasteiger partial charge in [-0.1, -0.05) is 0 Å². The topological polar surface area (TPSA) is 86.7 Å². The number of hydrogen-bond donors (Lipinski definition) is 2. The van der Waals surface area contributed by atoms with Crippen LogP contribution in [0.1, 0.15) is 19.8 Å². The van der Waals surface area contributed by atoms with Crippen molar-refractivity contribution in [3.63, 3.8) is 0 Å². The summed E-state index contributed by atoms with van der Waals surface area (Å²) in [4.78, 5) is 24.0. The number of carbonyl (C=O) groups is 2. The first-order chi connectivity index (χ1) is 8.40. The predicted molar refractivity (Wildman–Crippen MR) is 68.9 cm³/mol. The summed E-state index contributed by atoms with van der Waals surface area (Å²) in [5.41, 5.74) is 0. The molecule has 0 aliphatic carbocycles. The maximum atomic E-state index is 11.8. The van der Waals surface area contributed by atoms with Crippen LogP contribution in [0, 0.1) is 5.92 Å². The highest BCUT2D eigenvalue weighted by Crippen LogP contribution is 2.19. The summed E-state index contributed by atoms with van der Waals surface area (Å²) in [7, 11) is -0.954. The summed E-state index contributed by atoms with van der Waals surface area (Å²) in [6.45, 7) is 3.27. The van der Waals surface area contributed by atoms with Crippen LogP contribution in [-0.4, -0.2) is 57.4 Å². The fourth-order valence-corrected chi connectivity index (χ4v) is 2.21. The van der Waals surface area contributed by atoms with Crippen molar-refractivity contribution < 1.29 is 18.9 Å². The van der Waals surface area contributed by atoms with Crippen molar-refractivity contribution in [3.8, 4) is 0 Å². The Hall–Kier alpha value is -1.11. The lowest BCUT2D eigenvalue weighted by Gasteiger charge is -2.18. The van der Waals surface area contributed by atoms with E-state index in [1.807, 2.05) is 6.92 Å². The van der Waals surface area contributed by atoms with E-state index in [0.717, 1.165) is 6.42 Å². The molecule has 2 N–H and O–H groups in total. The van der Waals surface area contributed by atoms with E-state index >= 15 is 0 Å². The minimum Gasteiger partial charge on any atom is -0.481 e. The summed E-state index contributed by atoms with van der Waals surface area (Å²) >= 11 is 0. The molecule has 1 saturated heterocycles. The first kappa shape index (κ1) is 14.9. The first-order valence-corrected chi connectivity index (χ1v) is 7.59. The Bertz CT molecular complexity index is 348. The maximum Gasteiger partial charge on any atom is 0.317 e. The van der Waals surface area contributed by atoms with Crippen LogP contribution >= 0.6 is 0 Å². The molecule has 0 aromatic carbocycles. The lowest BCUT2D eigenvalue weighted by Crippen LogP contribution is -2.42. The minimum absolute atomic E-state index is 0.0472. The number of amides is 2. The molecule has 0 aromatic rings. The SMILES string of the molecule is CC(CNC(=O)N1CCC(CC(=O)O)C1)S(C)=O. The van der Waals surface area contributed by atoms with Gasteiger partial charge in [0.05, 0.1) is 0 Å². The van der Waals surface area contributed by atoms with Crippen molar-refractivity contribution in [2.75, 3.05) is 25.9 Å². The zero-order chi connectivity index (χ0) is 13.7. The normalized spacial score (nSPS) is 22.6. The second-order valence-corrected chi connectivity index (χ2v) is 6.50. The minimum atomic E-state index is -0.954. The molecule has 0 saturated carbocycles. The molecular weight excluding hydrogens is 256 g/mol. The quantitative estimate of drug-likeness (QED) is 0.754. The highest BCUT2D eigenvalue weighted by molar-refractivity contribution is 7.84. The van der Waals surface area contributed by atoms with Crippen molar-refractivity contribution in [2.24, 2.45) is 5.92 Å². The van der Waals surface area contributed by atoms with Gasteiger partial charge in [0, 0.05) is 48.4 Å². The molecule has 3 unspecified atom stereocenters. The standard InChI is InChI=1S/C11H20N2O4S/c1-8(18(2)17)6-12-11(16)13-4-3-9(7-13)5-10(14)15/h8-9H,3-7H2,1-2H3,(H,12,16)(H,14,15). The molecule has 0 aromatic heterocycles. The number of carbonyl (C=O) groups excluding carboxylic acids is 1. The molecule has 1 aliphatic rings. The molecule has 7 heteroatoms. The summed E-state index contributed by atoms with van der Waals surface area (Å²) in [5, 5.41) is 11.3. The summed E-state index contributed by atoms with van der Waals surface area (Å²) in [6.07, 6.45) is 2.45. The van der Waals surface area contributed by atoms with E-state index in [1.54, 1.807) is 11.2 Å². The third-order valence-electron chi connectivity index (χ3n) is 3.14. The summed E-state index contributed by atoms with van der Waals surface area (Å²) in [6, 6.07) is -0.194. The van der Waals surface area contributed by atoms with Gasteiger partial charge in [-0.2, -0.15) is 0 Å². The second-order valence-electron chi connectivity index (χ2n) is 4.69. The smallest absolute Gasteiger partial charge is 0.317 e. The molecule has 0 radical (unpaired) electrons. The Kier molecular flexibility index (Phi) is 5.58. The van der Waals surface area contributed by atoms with Gasteiger partial charge in [0.25, 0.3) is 0 Å². The average molecular weight is 276 g/mol. The number of carboxylic acid groups (broad SMARTS) is 1. The van der Waals surface area contributed by atoms with Gasteiger partial charge >= 0.3 is 12.0 Å². The van der Waals surface area contributed by atoms with E-state index in [2.05, 4.69) is 5.32 Å². The van der Waals surface area contributed by atoms with E-state index in [1.165, 1.54) is 0 Å². The molecule has 2 amide bonds. The fraction of sp³-hybridized carbons (Fsp3) is 0.818. The van der Waals surface area contributed by atoms with E-state index in [0.29, 0.717) is 19.6 Å². The number of likely N-dealkylation sites (tertiary alicyclic amines) is 1. The number of nitrogens with one attached hydrogen (secondary N) is 1. The number of urea groups is 1. The number of aliphatic carboxylic acids is 1. The van der Waals surface area contributed by atoms with E-state index < -0.39 is 16.8 Å². The molecule has 0 spiro atoms. The highest BCUT2D eigenvalue weighted by Gasteiger charge is 2.27. The van der Waals surface area contributed by atoms with Crippen LogP contribution in [0.4, 0.5) is 4.79 Å². The van der Waals surface area contributed by atoms with Crippen LogP contribution in [0.2, 0.25) is 0 Å². The molecule has 1 fully saturated rings. The van der Waals surface area contributed by atoms with Crippen molar-refractivity contribution in [1.29, 1.82) is 0 Å². The number of rotatable bonds is 5. The monoisotopic (exact) mass is 276 g/mol. The maximum absolute atomic E-state index is 11.8. The van der Waals surface area contributed by atoms with Crippen molar-refractivity contribution in [2.45, 2.75) is 25.0 Å². The number of hydrogen-bond acceptors (Lipinski definition) is 3. The highest BCUT2D eigenvalue weighted by atomic mass is 32.2. The molecule has 3 atom stereocenters. The number of nitrogens with zero attached hydrogens (tertiary/aromatic N) is 1. The Balaban J connectivity index is 2.31. The van der Waals surface area contributed by atoms with Crippen LogP contribution < -0.4 is 5.32 Å². The molecule has 6 nitrogen and oxygen atoms in total. The van der Waals surface area contributed by atoms with Gasteiger partial charge in [-0.3, -0.25) is 9.00 Å². The third-order valence-corrected chi connectivity index (χ3v) is 4.44. The van der Waals surface area contributed by atoms with Gasteiger partial charge in [-0.15, -0.1) is 0 Å².